The number of carbonyl (C=O) groups excluding carboxylic acids is 1. The van der Waals surface area contributed by atoms with Gasteiger partial charge in [-0.15, -0.1) is 0 Å². The van der Waals surface area contributed by atoms with Crippen LogP contribution in [0.3, 0.4) is 0 Å². The van der Waals surface area contributed by atoms with Gasteiger partial charge >= 0.3 is 0 Å². The lowest BCUT2D eigenvalue weighted by Gasteiger charge is -2.39. The van der Waals surface area contributed by atoms with Gasteiger partial charge in [0.2, 0.25) is 5.91 Å². The van der Waals surface area contributed by atoms with Gasteiger partial charge in [0, 0.05) is 18.5 Å². The van der Waals surface area contributed by atoms with Crippen molar-refractivity contribution >= 4 is 5.91 Å². The summed E-state index contributed by atoms with van der Waals surface area (Å²) in [6.45, 7) is 3.72. The largest absolute Gasteiger partial charge is 0.394 e. The molecule has 5 nitrogen and oxygen atoms in total. The highest BCUT2D eigenvalue weighted by Gasteiger charge is 2.35. The van der Waals surface area contributed by atoms with Crippen LogP contribution in [0.5, 0.6) is 0 Å². The molecule has 4 unspecified atom stereocenters. The molecule has 1 saturated carbocycles. The first-order chi connectivity index (χ1) is 8.63. The fourth-order valence-electron chi connectivity index (χ4n) is 2.97. The summed E-state index contributed by atoms with van der Waals surface area (Å²) in [5.41, 5.74) is 5.99. The zero-order valence-electron chi connectivity index (χ0n) is 11.0. The van der Waals surface area contributed by atoms with Crippen molar-refractivity contribution < 1.29 is 14.6 Å². The zero-order chi connectivity index (χ0) is 13.1. The maximum Gasteiger partial charge on any atom is 0.226 e. The van der Waals surface area contributed by atoms with Gasteiger partial charge in [-0.1, -0.05) is 6.92 Å². The predicted octanol–water partition coefficient (Wildman–Crippen LogP) is -0.0304. The molecule has 0 spiro atoms. The Morgan fingerprint density at radius 2 is 2.28 bits per heavy atom. The Balaban J connectivity index is 1.97. The number of hydrogen-bond acceptors (Lipinski definition) is 4. The van der Waals surface area contributed by atoms with E-state index in [2.05, 4.69) is 6.92 Å². The van der Waals surface area contributed by atoms with E-state index in [1.54, 1.807) is 4.90 Å². The molecule has 0 bridgehead atoms. The van der Waals surface area contributed by atoms with E-state index >= 15 is 0 Å². The van der Waals surface area contributed by atoms with Crippen molar-refractivity contribution in [1.29, 1.82) is 0 Å². The maximum absolute atomic E-state index is 12.5. The molecule has 104 valence electrons. The van der Waals surface area contributed by atoms with Gasteiger partial charge in [0.1, 0.15) is 0 Å². The summed E-state index contributed by atoms with van der Waals surface area (Å²) in [6.07, 6.45) is 2.67. The SMILES string of the molecule is CC1CC(C(=O)N2CCOCC2CO)CCC1N. The molecule has 1 amide bonds. The minimum Gasteiger partial charge on any atom is -0.394 e. The molecule has 1 saturated heterocycles. The van der Waals surface area contributed by atoms with E-state index < -0.39 is 0 Å². The molecule has 1 aliphatic heterocycles. The standard InChI is InChI=1S/C13H24N2O3/c1-9-6-10(2-3-12(9)14)13(17)15-4-5-18-8-11(15)7-16/h9-12,16H,2-8,14H2,1H3. The normalized spacial score (nSPS) is 37.6. The van der Waals surface area contributed by atoms with Gasteiger partial charge in [-0.25, -0.2) is 0 Å². The van der Waals surface area contributed by atoms with Crippen LogP contribution in [-0.2, 0) is 9.53 Å². The molecule has 0 aromatic rings. The Hall–Kier alpha value is -0.650. The minimum atomic E-state index is -0.169. The molecule has 0 aromatic heterocycles. The van der Waals surface area contributed by atoms with Crippen LogP contribution in [0.15, 0.2) is 0 Å². The smallest absolute Gasteiger partial charge is 0.226 e. The fourth-order valence-corrected chi connectivity index (χ4v) is 2.97. The number of nitrogens with zero attached hydrogens (tertiary/aromatic N) is 1. The van der Waals surface area contributed by atoms with Gasteiger partial charge in [0.05, 0.1) is 25.9 Å². The second kappa shape index (κ2) is 5.99. The number of aliphatic hydroxyl groups is 1. The van der Waals surface area contributed by atoms with Crippen LogP contribution in [-0.4, -0.2) is 54.4 Å². The Morgan fingerprint density at radius 3 is 2.94 bits per heavy atom. The Morgan fingerprint density at radius 1 is 1.50 bits per heavy atom. The van der Waals surface area contributed by atoms with E-state index in [1.807, 2.05) is 0 Å². The molecular formula is C13H24N2O3. The third-order valence-corrected chi connectivity index (χ3v) is 4.31. The summed E-state index contributed by atoms with van der Waals surface area (Å²) in [5.74, 6) is 0.657. The van der Waals surface area contributed by atoms with E-state index in [4.69, 9.17) is 10.5 Å². The number of rotatable bonds is 2. The van der Waals surface area contributed by atoms with Gasteiger partial charge in [-0.05, 0) is 25.2 Å². The molecule has 18 heavy (non-hydrogen) atoms. The van der Waals surface area contributed by atoms with E-state index in [9.17, 15) is 9.90 Å². The van der Waals surface area contributed by atoms with Crippen LogP contribution in [0.4, 0.5) is 0 Å². The molecule has 2 aliphatic rings. The zero-order valence-corrected chi connectivity index (χ0v) is 11.0. The summed E-state index contributed by atoms with van der Waals surface area (Å²) < 4.78 is 5.31. The van der Waals surface area contributed by atoms with Crippen molar-refractivity contribution in [2.75, 3.05) is 26.4 Å². The van der Waals surface area contributed by atoms with Crippen LogP contribution in [0.2, 0.25) is 0 Å². The van der Waals surface area contributed by atoms with E-state index in [-0.39, 0.29) is 30.5 Å². The highest BCUT2D eigenvalue weighted by Crippen LogP contribution is 2.30. The molecule has 4 atom stereocenters. The van der Waals surface area contributed by atoms with Crippen molar-refractivity contribution in [2.45, 2.75) is 38.3 Å². The molecule has 1 aliphatic carbocycles. The number of ether oxygens (including phenoxy) is 1. The number of aliphatic hydroxyl groups excluding tert-OH is 1. The van der Waals surface area contributed by atoms with Gasteiger partial charge in [-0.3, -0.25) is 4.79 Å². The van der Waals surface area contributed by atoms with E-state index in [0.717, 1.165) is 19.3 Å². The lowest BCUT2D eigenvalue weighted by atomic mass is 9.78. The van der Waals surface area contributed by atoms with E-state index in [1.165, 1.54) is 0 Å². The Bertz CT molecular complexity index is 298. The monoisotopic (exact) mass is 256 g/mol. The highest BCUT2D eigenvalue weighted by atomic mass is 16.5. The van der Waals surface area contributed by atoms with Crippen LogP contribution < -0.4 is 5.73 Å². The molecule has 5 heteroatoms. The molecule has 2 rings (SSSR count). The van der Waals surface area contributed by atoms with Crippen LogP contribution >= 0.6 is 0 Å². The summed E-state index contributed by atoms with van der Waals surface area (Å²) in [6, 6.07) is 0.0598. The summed E-state index contributed by atoms with van der Waals surface area (Å²) in [4.78, 5) is 14.3. The second-order valence-corrected chi connectivity index (χ2v) is 5.59. The summed E-state index contributed by atoms with van der Waals surface area (Å²) in [7, 11) is 0. The average Bonchev–Trinajstić information content (AvgIpc) is 2.41. The average molecular weight is 256 g/mol. The molecule has 1 heterocycles. The number of morpholine rings is 1. The molecule has 3 N–H and O–H groups in total. The fraction of sp³-hybridized carbons (Fsp3) is 0.923. The number of hydrogen-bond donors (Lipinski definition) is 2. The Labute approximate surface area is 108 Å². The molecule has 0 radical (unpaired) electrons. The quantitative estimate of drug-likeness (QED) is 0.727. The van der Waals surface area contributed by atoms with Gasteiger partial charge < -0.3 is 20.5 Å². The third-order valence-electron chi connectivity index (χ3n) is 4.31. The lowest BCUT2D eigenvalue weighted by Crippen LogP contribution is -2.53. The second-order valence-electron chi connectivity index (χ2n) is 5.59. The maximum atomic E-state index is 12.5. The first-order valence-corrected chi connectivity index (χ1v) is 6.88. The van der Waals surface area contributed by atoms with Gasteiger partial charge in [0.15, 0.2) is 0 Å². The molecule has 2 fully saturated rings. The summed E-state index contributed by atoms with van der Waals surface area (Å²) >= 11 is 0. The molecule has 0 aromatic carbocycles. The van der Waals surface area contributed by atoms with Crippen LogP contribution in [0.25, 0.3) is 0 Å². The van der Waals surface area contributed by atoms with Gasteiger partial charge in [-0.2, -0.15) is 0 Å². The minimum absolute atomic E-state index is 0.0203. The lowest BCUT2D eigenvalue weighted by molar-refractivity contribution is -0.147. The summed E-state index contributed by atoms with van der Waals surface area (Å²) in [5, 5.41) is 9.31. The number of nitrogens with two attached hydrogens (primary N) is 1. The van der Waals surface area contributed by atoms with Crippen molar-refractivity contribution in [1.82, 2.24) is 4.90 Å². The predicted molar refractivity (Wildman–Crippen MR) is 67.9 cm³/mol. The number of amides is 1. The van der Waals surface area contributed by atoms with Crippen molar-refractivity contribution in [3.05, 3.63) is 0 Å². The van der Waals surface area contributed by atoms with Crippen LogP contribution in [0, 0.1) is 11.8 Å². The number of carbonyl (C=O) groups is 1. The van der Waals surface area contributed by atoms with Gasteiger partial charge in [0.25, 0.3) is 0 Å². The first-order valence-electron chi connectivity index (χ1n) is 6.88. The third kappa shape index (κ3) is 2.84. The van der Waals surface area contributed by atoms with Crippen molar-refractivity contribution in [3.8, 4) is 0 Å². The Kier molecular flexibility index (Phi) is 4.59. The highest BCUT2D eigenvalue weighted by molar-refractivity contribution is 5.79. The van der Waals surface area contributed by atoms with Crippen LogP contribution in [0.1, 0.15) is 26.2 Å². The topological polar surface area (TPSA) is 75.8 Å². The molecular weight excluding hydrogens is 232 g/mol. The van der Waals surface area contributed by atoms with Crippen molar-refractivity contribution in [3.63, 3.8) is 0 Å². The first kappa shape index (κ1) is 13.8. The van der Waals surface area contributed by atoms with Crippen molar-refractivity contribution in [2.24, 2.45) is 17.6 Å². The van der Waals surface area contributed by atoms with E-state index in [0.29, 0.717) is 25.7 Å².